The van der Waals surface area contributed by atoms with Crippen molar-refractivity contribution in [3.63, 3.8) is 0 Å². The first-order chi connectivity index (χ1) is 12.5. The number of aryl methyl sites for hydroxylation is 1. The molecule has 0 N–H and O–H groups in total. The Hall–Kier alpha value is -2.89. The van der Waals surface area contributed by atoms with Crippen LogP contribution in [0.5, 0.6) is 0 Å². The minimum atomic E-state index is 0.0995. The molecule has 132 valence electrons. The van der Waals surface area contributed by atoms with Crippen LogP contribution in [0.25, 0.3) is 22.1 Å². The molecule has 5 rings (SSSR count). The molecule has 3 aromatic heterocycles. The number of para-hydroxylation sites is 1. The van der Waals surface area contributed by atoms with Gasteiger partial charge in [0.05, 0.1) is 6.20 Å². The van der Waals surface area contributed by atoms with Crippen LogP contribution in [-0.4, -0.2) is 26.3 Å². The standard InChI is InChI=1S/C20H21N5O/c1-20(2)8-15-13(9-23-24(15)3)10-25(11-20)19-18-17(21-12-22-19)14-6-4-5-7-16(14)26-18/h4-7,9,12H,8,10-11H2,1-3H3. The Morgan fingerprint density at radius 3 is 2.88 bits per heavy atom. The van der Waals surface area contributed by atoms with E-state index in [4.69, 9.17) is 4.42 Å². The number of benzene rings is 1. The van der Waals surface area contributed by atoms with Crippen molar-refractivity contribution in [2.45, 2.75) is 26.8 Å². The average Bonchev–Trinajstić information content (AvgIpc) is 3.11. The van der Waals surface area contributed by atoms with Crippen molar-refractivity contribution in [2.75, 3.05) is 11.4 Å². The summed E-state index contributed by atoms with van der Waals surface area (Å²) in [5.41, 5.74) is 5.13. The van der Waals surface area contributed by atoms with Crippen molar-refractivity contribution in [3.8, 4) is 0 Å². The lowest BCUT2D eigenvalue weighted by atomic mass is 9.87. The molecular formula is C20H21N5O. The van der Waals surface area contributed by atoms with Gasteiger partial charge in [0, 0.05) is 36.8 Å². The van der Waals surface area contributed by atoms with Gasteiger partial charge in [0.1, 0.15) is 17.4 Å². The molecule has 0 atom stereocenters. The van der Waals surface area contributed by atoms with E-state index in [9.17, 15) is 0 Å². The number of rotatable bonds is 1. The fourth-order valence-corrected chi connectivity index (χ4v) is 4.04. The first-order valence-corrected chi connectivity index (χ1v) is 8.89. The first-order valence-electron chi connectivity index (χ1n) is 8.89. The number of hydrogen-bond donors (Lipinski definition) is 0. The molecule has 0 unspecified atom stereocenters. The van der Waals surface area contributed by atoms with Crippen LogP contribution >= 0.6 is 0 Å². The normalized spacial score (nSPS) is 16.8. The molecular weight excluding hydrogens is 326 g/mol. The molecule has 1 aliphatic rings. The second-order valence-corrected chi connectivity index (χ2v) is 7.91. The second kappa shape index (κ2) is 5.30. The fourth-order valence-electron chi connectivity index (χ4n) is 4.04. The highest BCUT2D eigenvalue weighted by atomic mass is 16.3. The molecule has 6 nitrogen and oxygen atoms in total. The van der Waals surface area contributed by atoms with Crippen LogP contribution in [0.2, 0.25) is 0 Å². The SMILES string of the molecule is Cn1ncc2c1CC(C)(C)CN(c1ncnc3c1oc1ccccc13)C2. The van der Waals surface area contributed by atoms with Crippen LogP contribution in [0, 0.1) is 5.41 Å². The molecule has 26 heavy (non-hydrogen) atoms. The maximum absolute atomic E-state index is 6.15. The zero-order chi connectivity index (χ0) is 17.9. The van der Waals surface area contributed by atoms with Crippen molar-refractivity contribution < 1.29 is 4.42 Å². The van der Waals surface area contributed by atoms with Gasteiger partial charge in [-0.3, -0.25) is 4.68 Å². The minimum Gasteiger partial charge on any atom is -0.450 e. The summed E-state index contributed by atoms with van der Waals surface area (Å²) in [6.45, 7) is 6.25. The van der Waals surface area contributed by atoms with Crippen LogP contribution in [0.1, 0.15) is 25.1 Å². The first kappa shape index (κ1) is 15.4. The van der Waals surface area contributed by atoms with Gasteiger partial charge in [-0.15, -0.1) is 0 Å². The molecule has 0 saturated carbocycles. The molecule has 6 heteroatoms. The Balaban J connectivity index is 1.69. The Morgan fingerprint density at radius 2 is 2.00 bits per heavy atom. The summed E-state index contributed by atoms with van der Waals surface area (Å²) in [7, 11) is 2.02. The number of furan rings is 1. The van der Waals surface area contributed by atoms with Gasteiger partial charge in [0.25, 0.3) is 0 Å². The molecule has 0 spiro atoms. The molecule has 0 aliphatic carbocycles. The van der Waals surface area contributed by atoms with Crippen LogP contribution in [0.4, 0.5) is 5.82 Å². The maximum atomic E-state index is 6.15. The summed E-state index contributed by atoms with van der Waals surface area (Å²) < 4.78 is 8.15. The lowest BCUT2D eigenvalue weighted by Crippen LogP contribution is -2.33. The Morgan fingerprint density at radius 1 is 1.15 bits per heavy atom. The molecule has 1 aromatic carbocycles. The molecule has 4 heterocycles. The summed E-state index contributed by atoms with van der Waals surface area (Å²) >= 11 is 0. The molecule has 4 aromatic rings. The number of anilines is 1. The summed E-state index contributed by atoms with van der Waals surface area (Å²) in [6.07, 6.45) is 4.60. The third-order valence-electron chi connectivity index (χ3n) is 5.21. The Labute approximate surface area is 151 Å². The van der Waals surface area contributed by atoms with Gasteiger partial charge in [-0.05, 0) is 24.0 Å². The number of fused-ring (bicyclic) bond motifs is 4. The summed E-state index contributed by atoms with van der Waals surface area (Å²) in [4.78, 5) is 11.4. The predicted molar refractivity (Wildman–Crippen MR) is 101 cm³/mol. The quantitative estimate of drug-likeness (QED) is 0.525. The number of hydrogen-bond acceptors (Lipinski definition) is 5. The van der Waals surface area contributed by atoms with E-state index in [1.807, 2.05) is 42.2 Å². The lowest BCUT2D eigenvalue weighted by Gasteiger charge is -2.30. The largest absolute Gasteiger partial charge is 0.450 e. The van der Waals surface area contributed by atoms with Gasteiger partial charge in [-0.1, -0.05) is 26.0 Å². The topological polar surface area (TPSA) is 60.0 Å². The summed E-state index contributed by atoms with van der Waals surface area (Å²) in [5.74, 6) is 0.857. The maximum Gasteiger partial charge on any atom is 0.196 e. The smallest absolute Gasteiger partial charge is 0.196 e. The lowest BCUT2D eigenvalue weighted by molar-refractivity contribution is 0.361. The monoisotopic (exact) mass is 347 g/mol. The van der Waals surface area contributed by atoms with E-state index < -0.39 is 0 Å². The van der Waals surface area contributed by atoms with Crippen LogP contribution in [-0.2, 0) is 20.0 Å². The molecule has 0 radical (unpaired) electrons. The zero-order valence-electron chi connectivity index (χ0n) is 15.2. The van der Waals surface area contributed by atoms with Gasteiger partial charge in [0.2, 0.25) is 0 Å². The van der Waals surface area contributed by atoms with Crippen LogP contribution in [0.15, 0.2) is 41.2 Å². The van der Waals surface area contributed by atoms with E-state index in [2.05, 4.69) is 33.8 Å². The van der Waals surface area contributed by atoms with Gasteiger partial charge >= 0.3 is 0 Å². The van der Waals surface area contributed by atoms with E-state index in [1.165, 1.54) is 11.3 Å². The minimum absolute atomic E-state index is 0.0995. The highest BCUT2D eigenvalue weighted by Crippen LogP contribution is 2.36. The van der Waals surface area contributed by atoms with E-state index in [0.29, 0.717) is 0 Å². The molecule has 0 saturated heterocycles. The van der Waals surface area contributed by atoms with Gasteiger partial charge in [0.15, 0.2) is 11.4 Å². The molecule has 0 amide bonds. The number of aromatic nitrogens is 4. The summed E-state index contributed by atoms with van der Waals surface area (Å²) in [6, 6.07) is 8.01. The van der Waals surface area contributed by atoms with E-state index in [1.54, 1.807) is 6.33 Å². The number of nitrogens with zero attached hydrogens (tertiary/aromatic N) is 5. The van der Waals surface area contributed by atoms with Crippen molar-refractivity contribution in [2.24, 2.45) is 12.5 Å². The van der Waals surface area contributed by atoms with Gasteiger partial charge < -0.3 is 9.32 Å². The fraction of sp³-hybridized carbons (Fsp3) is 0.350. The highest BCUT2D eigenvalue weighted by molar-refractivity contribution is 6.05. The van der Waals surface area contributed by atoms with Gasteiger partial charge in [-0.2, -0.15) is 5.10 Å². The van der Waals surface area contributed by atoms with Crippen LogP contribution in [0.3, 0.4) is 0 Å². The van der Waals surface area contributed by atoms with Crippen molar-refractivity contribution >= 4 is 27.9 Å². The highest BCUT2D eigenvalue weighted by Gasteiger charge is 2.32. The van der Waals surface area contributed by atoms with Crippen molar-refractivity contribution in [3.05, 3.63) is 48.0 Å². The van der Waals surface area contributed by atoms with Crippen molar-refractivity contribution in [1.29, 1.82) is 0 Å². The van der Waals surface area contributed by atoms with E-state index in [0.717, 1.165) is 47.4 Å². The Bertz CT molecular complexity index is 1120. The molecule has 1 aliphatic heterocycles. The third-order valence-corrected chi connectivity index (χ3v) is 5.21. The van der Waals surface area contributed by atoms with Crippen molar-refractivity contribution in [1.82, 2.24) is 19.7 Å². The Kier molecular flexibility index (Phi) is 3.13. The second-order valence-electron chi connectivity index (χ2n) is 7.91. The molecule has 0 bridgehead atoms. The third kappa shape index (κ3) is 2.29. The predicted octanol–water partition coefficient (Wildman–Crippen LogP) is 3.70. The molecule has 0 fully saturated rings. The van der Waals surface area contributed by atoms with Gasteiger partial charge in [-0.25, -0.2) is 9.97 Å². The average molecular weight is 347 g/mol. The van der Waals surface area contributed by atoms with Crippen LogP contribution < -0.4 is 4.90 Å². The summed E-state index contributed by atoms with van der Waals surface area (Å²) in [5, 5.41) is 5.49. The van der Waals surface area contributed by atoms with E-state index in [-0.39, 0.29) is 5.41 Å². The van der Waals surface area contributed by atoms with E-state index >= 15 is 0 Å². The zero-order valence-corrected chi connectivity index (χ0v) is 15.2.